The molecule has 0 N–H and O–H groups in total. The lowest BCUT2D eigenvalue weighted by atomic mass is 10.2. The number of fused-ring (bicyclic) bond motifs is 1. The normalized spacial score (nSPS) is 10.9. The molecule has 0 aliphatic rings. The number of ether oxygens (including phenoxy) is 1. The van der Waals surface area contributed by atoms with Gasteiger partial charge in [0.05, 0.1) is 6.54 Å². The first kappa shape index (κ1) is 15.8. The van der Waals surface area contributed by atoms with E-state index in [1.165, 1.54) is 9.13 Å². The summed E-state index contributed by atoms with van der Waals surface area (Å²) in [6, 6.07) is 9.64. The van der Waals surface area contributed by atoms with Crippen molar-refractivity contribution >= 4 is 11.2 Å². The Hall–Kier alpha value is -3.09. The monoisotopic (exact) mass is 326 g/mol. The molecule has 0 bridgehead atoms. The van der Waals surface area contributed by atoms with Crippen LogP contribution in [0.25, 0.3) is 11.2 Å². The van der Waals surface area contributed by atoms with Crippen molar-refractivity contribution in [3.63, 3.8) is 0 Å². The molecule has 7 nitrogen and oxygen atoms in total. The molecule has 1 aromatic carbocycles. The van der Waals surface area contributed by atoms with Crippen LogP contribution < -0.4 is 16.0 Å². The molecular formula is C17H18N4O3. The van der Waals surface area contributed by atoms with Gasteiger partial charge < -0.3 is 4.74 Å². The van der Waals surface area contributed by atoms with Crippen molar-refractivity contribution in [2.24, 2.45) is 14.1 Å². The molecule has 3 rings (SSSR count). The Morgan fingerprint density at radius 3 is 2.54 bits per heavy atom. The minimum Gasteiger partial charge on any atom is -0.460 e. The van der Waals surface area contributed by atoms with Crippen molar-refractivity contribution in [3.05, 3.63) is 69.4 Å². The van der Waals surface area contributed by atoms with Gasteiger partial charge >= 0.3 is 5.69 Å². The summed E-state index contributed by atoms with van der Waals surface area (Å²) in [6.07, 6.45) is 1.59. The molecule has 0 amide bonds. The fourth-order valence-electron chi connectivity index (χ4n) is 2.59. The van der Waals surface area contributed by atoms with Crippen molar-refractivity contribution in [2.75, 3.05) is 6.61 Å². The SMILES string of the molecule is C=CCOc1nc2c(c(=O)n(Cc3ccccc3)c(=O)n2C)n1C. The van der Waals surface area contributed by atoms with Gasteiger partial charge in [-0.2, -0.15) is 4.98 Å². The minimum atomic E-state index is -0.412. The number of hydrogen-bond donors (Lipinski definition) is 0. The molecule has 0 saturated carbocycles. The summed E-state index contributed by atoms with van der Waals surface area (Å²) in [5.74, 6) is 0. The number of imidazole rings is 1. The lowest BCUT2D eigenvalue weighted by Crippen LogP contribution is -2.39. The van der Waals surface area contributed by atoms with Gasteiger partial charge in [-0.25, -0.2) is 4.79 Å². The van der Waals surface area contributed by atoms with E-state index in [9.17, 15) is 9.59 Å². The van der Waals surface area contributed by atoms with Crippen LogP contribution in [0.15, 0.2) is 52.6 Å². The Bertz CT molecular complexity index is 1010. The van der Waals surface area contributed by atoms with Crippen molar-refractivity contribution < 1.29 is 4.74 Å². The van der Waals surface area contributed by atoms with Crippen molar-refractivity contribution in [3.8, 4) is 6.01 Å². The number of aromatic nitrogens is 4. The Balaban J connectivity index is 2.21. The van der Waals surface area contributed by atoms with Crippen LogP contribution in [0.1, 0.15) is 5.56 Å². The molecule has 0 atom stereocenters. The molecule has 0 saturated heterocycles. The third kappa shape index (κ3) is 2.54. The van der Waals surface area contributed by atoms with Gasteiger partial charge in [-0.3, -0.25) is 18.5 Å². The van der Waals surface area contributed by atoms with Crippen LogP contribution in [0, 0.1) is 0 Å². The summed E-state index contributed by atoms with van der Waals surface area (Å²) in [4.78, 5) is 29.7. The smallest absolute Gasteiger partial charge is 0.332 e. The molecule has 24 heavy (non-hydrogen) atoms. The third-order valence-electron chi connectivity index (χ3n) is 3.83. The zero-order valence-corrected chi connectivity index (χ0v) is 13.6. The summed E-state index contributed by atoms with van der Waals surface area (Å²) in [5, 5.41) is 0. The van der Waals surface area contributed by atoms with E-state index in [0.29, 0.717) is 11.2 Å². The highest BCUT2D eigenvalue weighted by molar-refractivity contribution is 5.71. The largest absolute Gasteiger partial charge is 0.460 e. The second-order valence-electron chi connectivity index (χ2n) is 5.44. The van der Waals surface area contributed by atoms with Gasteiger partial charge in [0, 0.05) is 14.1 Å². The molecule has 7 heteroatoms. The Kier molecular flexibility index (Phi) is 4.07. The van der Waals surface area contributed by atoms with Gasteiger partial charge in [-0.1, -0.05) is 43.0 Å². The maximum atomic E-state index is 12.8. The van der Waals surface area contributed by atoms with E-state index < -0.39 is 5.69 Å². The van der Waals surface area contributed by atoms with Gasteiger partial charge in [0.15, 0.2) is 11.2 Å². The molecular weight excluding hydrogens is 308 g/mol. The fourth-order valence-corrected chi connectivity index (χ4v) is 2.59. The van der Waals surface area contributed by atoms with E-state index in [1.54, 1.807) is 24.7 Å². The molecule has 0 fully saturated rings. The highest BCUT2D eigenvalue weighted by Gasteiger charge is 2.19. The number of hydrogen-bond acceptors (Lipinski definition) is 4. The Morgan fingerprint density at radius 2 is 1.88 bits per heavy atom. The summed E-state index contributed by atoms with van der Waals surface area (Å²) < 4.78 is 9.57. The average Bonchev–Trinajstić information content (AvgIpc) is 2.93. The quantitative estimate of drug-likeness (QED) is 0.657. The van der Waals surface area contributed by atoms with Crippen LogP contribution in [0.2, 0.25) is 0 Å². The Morgan fingerprint density at radius 1 is 1.17 bits per heavy atom. The van der Waals surface area contributed by atoms with Crippen LogP contribution >= 0.6 is 0 Å². The first-order valence-electron chi connectivity index (χ1n) is 7.48. The van der Waals surface area contributed by atoms with Crippen molar-refractivity contribution in [1.82, 2.24) is 18.7 Å². The third-order valence-corrected chi connectivity index (χ3v) is 3.83. The molecule has 0 radical (unpaired) electrons. The standard InChI is InChI=1S/C17H18N4O3/c1-4-10-24-16-18-14-13(19(16)2)15(22)21(17(23)20(14)3)11-12-8-6-5-7-9-12/h4-9H,1,10-11H2,2-3H3. The van der Waals surface area contributed by atoms with E-state index in [-0.39, 0.29) is 24.7 Å². The summed E-state index contributed by atoms with van der Waals surface area (Å²) in [6.45, 7) is 4.06. The average molecular weight is 326 g/mol. The maximum absolute atomic E-state index is 12.8. The summed E-state index contributed by atoms with van der Waals surface area (Å²) >= 11 is 0. The summed E-state index contributed by atoms with van der Waals surface area (Å²) in [7, 11) is 3.28. The maximum Gasteiger partial charge on any atom is 0.332 e. The predicted octanol–water partition coefficient (Wildman–Crippen LogP) is 1.05. The second kappa shape index (κ2) is 6.19. The molecule has 2 heterocycles. The first-order chi connectivity index (χ1) is 11.5. The van der Waals surface area contributed by atoms with Crippen molar-refractivity contribution in [1.29, 1.82) is 0 Å². The molecule has 0 aliphatic heterocycles. The summed E-state index contributed by atoms with van der Waals surface area (Å²) in [5.41, 5.74) is 0.703. The van der Waals surface area contributed by atoms with Gasteiger partial charge in [0.25, 0.3) is 11.6 Å². The zero-order valence-electron chi connectivity index (χ0n) is 13.6. The molecule has 0 spiro atoms. The number of nitrogens with zero attached hydrogens (tertiary/aromatic N) is 4. The molecule has 0 unspecified atom stereocenters. The zero-order chi connectivity index (χ0) is 17.3. The molecule has 124 valence electrons. The van der Waals surface area contributed by atoms with E-state index in [4.69, 9.17) is 4.74 Å². The topological polar surface area (TPSA) is 71.1 Å². The van der Waals surface area contributed by atoms with Gasteiger partial charge in [0.2, 0.25) is 0 Å². The Labute approximate surface area is 138 Å². The number of aryl methyl sites for hydroxylation is 2. The van der Waals surface area contributed by atoms with E-state index in [1.807, 2.05) is 30.3 Å². The lowest BCUT2D eigenvalue weighted by molar-refractivity contribution is 0.324. The van der Waals surface area contributed by atoms with E-state index >= 15 is 0 Å². The minimum absolute atomic E-state index is 0.205. The molecule has 0 aliphatic carbocycles. The highest BCUT2D eigenvalue weighted by atomic mass is 16.5. The number of rotatable bonds is 5. The second-order valence-corrected chi connectivity index (χ2v) is 5.44. The molecule has 2 aromatic heterocycles. The van der Waals surface area contributed by atoms with Crippen LogP contribution in [0.3, 0.4) is 0 Å². The van der Waals surface area contributed by atoms with Gasteiger partial charge in [0.1, 0.15) is 6.61 Å². The fraction of sp³-hybridized carbons (Fsp3) is 0.235. The lowest BCUT2D eigenvalue weighted by Gasteiger charge is -2.08. The van der Waals surface area contributed by atoms with Crippen LogP contribution in [0.5, 0.6) is 6.01 Å². The van der Waals surface area contributed by atoms with E-state index in [0.717, 1.165) is 5.56 Å². The van der Waals surface area contributed by atoms with Gasteiger partial charge in [-0.15, -0.1) is 0 Å². The van der Waals surface area contributed by atoms with Gasteiger partial charge in [-0.05, 0) is 5.56 Å². The highest BCUT2D eigenvalue weighted by Crippen LogP contribution is 2.15. The van der Waals surface area contributed by atoms with Crippen LogP contribution in [-0.2, 0) is 20.6 Å². The molecule has 3 aromatic rings. The van der Waals surface area contributed by atoms with Crippen molar-refractivity contribution in [2.45, 2.75) is 6.54 Å². The predicted molar refractivity (Wildman–Crippen MR) is 91.5 cm³/mol. The van der Waals surface area contributed by atoms with Crippen LogP contribution in [0.4, 0.5) is 0 Å². The first-order valence-corrected chi connectivity index (χ1v) is 7.48. The van der Waals surface area contributed by atoms with E-state index in [2.05, 4.69) is 11.6 Å². The van der Waals surface area contributed by atoms with Crippen LogP contribution in [-0.4, -0.2) is 25.3 Å². The number of benzene rings is 1.